The number of nitrogens with zero attached hydrogens (tertiary/aromatic N) is 11. The second-order valence-electron chi connectivity index (χ2n) is 29.6. The Bertz CT molecular complexity index is 4920. The fraction of sp³-hybridized carbons (Fsp3) is 0.337. The molecule has 1 N–H and O–H groups in total. The van der Waals surface area contributed by atoms with Crippen molar-refractivity contribution in [3.63, 3.8) is 0 Å². The lowest BCUT2D eigenvalue weighted by Crippen LogP contribution is -2.43. The van der Waals surface area contributed by atoms with Crippen LogP contribution in [-0.4, -0.2) is 107 Å². The molecule has 8 aliphatic rings. The van der Waals surface area contributed by atoms with Crippen molar-refractivity contribution >= 4 is 33.4 Å². The summed E-state index contributed by atoms with van der Waals surface area (Å²) in [5.74, 6) is -4.29. The van der Waals surface area contributed by atoms with Gasteiger partial charge in [0.05, 0.1) is 97.0 Å². The highest BCUT2D eigenvalue weighted by Crippen LogP contribution is 2.51. The van der Waals surface area contributed by atoms with Gasteiger partial charge in [0.1, 0.15) is 28.9 Å². The average molecular weight is 1550 g/mol. The number of halogens is 11. The van der Waals surface area contributed by atoms with Crippen molar-refractivity contribution in [3.8, 4) is 45.0 Å². The summed E-state index contributed by atoms with van der Waals surface area (Å²) in [5, 5.41) is 3.38. The van der Waals surface area contributed by atoms with E-state index in [0.717, 1.165) is 182 Å². The van der Waals surface area contributed by atoms with E-state index in [1.54, 1.807) is 84.9 Å². The van der Waals surface area contributed by atoms with E-state index in [1.165, 1.54) is 36.4 Å². The minimum absolute atomic E-state index is 0.0514. The van der Waals surface area contributed by atoms with Gasteiger partial charge in [-0.25, -0.2) is 68.6 Å². The Balaban J connectivity index is 0.000000111. The van der Waals surface area contributed by atoms with E-state index in [9.17, 15) is 48.7 Å². The molecule has 25 heteroatoms. The van der Waals surface area contributed by atoms with Gasteiger partial charge in [-0.2, -0.15) is 0 Å². The van der Waals surface area contributed by atoms with E-state index in [-0.39, 0.29) is 71.3 Å². The number of carbonyl (C=O) groups is 1. The van der Waals surface area contributed by atoms with Crippen LogP contribution < -0.4 is 15.1 Å². The maximum absolute atomic E-state index is 14.6. The molecule has 560 valence electrons. The highest BCUT2D eigenvalue weighted by atomic mass is 79.9. The predicted octanol–water partition coefficient (Wildman–Crippen LogP) is 19.1. The number of ether oxygens (including phenoxy) is 1. The van der Waals surface area contributed by atoms with Gasteiger partial charge in [0, 0.05) is 112 Å². The van der Waals surface area contributed by atoms with Gasteiger partial charge in [-0.1, -0.05) is 64.5 Å². The van der Waals surface area contributed by atoms with Crippen LogP contribution >= 0.6 is 15.9 Å². The van der Waals surface area contributed by atoms with Crippen molar-refractivity contribution in [3.05, 3.63) is 262 Å². The van der Waals surface area contributed by atoms with E-state index in [4.69, 9.17) is 4.74 Å². The zero-order chi connectivity index (χ0) is 75.2. The molecule has 12 heterocycles. The second-order valence-corrected chi connectivity index (χ2v) is 30.5. The van der Waals surface area contributed by atoms with Gasteiger partial charge in [0.15, 0.2) is 34.9 Å². The third-order valence-corrected chi connectivity index (χ3v) is 22.7. The summed E-state index contributed by atoms with van der Waals surface area (Å²) in [7, 11) is 0. The molecule has 0 spiro atoms. The topological polar surface area (TPSA) is 119 Å². The number of aromatic nitrogens is 8. The summed E-state index contributed by atoms with van der Waals surface area (Å²) < 4.78 is 150. The molecule has 8 aliphatic heterocycles. The Morgan fingerprint density at radius 2 is 0.694 bits per heavy atom. The number of anilines is 2. The molecule has 0 saturated carbocycles. The van der Waals surface area contributed by atoms with E-state index in [0.29, 0.717) is 34.9 Å². The number of carbonyl (C=O) groups excluding carboxylic acids is 1. The summed E-state index contributed by atoms with van der Waals surface area (Å²) in [6.07, 6.45) is 21.3. The molecule has 4 saturated heterocycles. The van der Waals surface area contributed by atoms with Gasteiger partial charge in [0.25, 0.3) is 0 Å². The Morgan fingerprint density at radius 1 is 0.389 bits per heavy atom. The standard InChI is InChI=1S/2C21H18F3N3.C20H24FN3O2.C15H16FN3.C6H3BrF2/c2*22-16-5-4-14(10-18(16)24)26-8-6-13(7-9-26)21-20-15(2-1-3-17(20)23)19-11-25-12-27(19)21;1-20(2,3)26-19(25)23-9-7-13(8-10-23)18-17-14(5-4-6-15(17)21)16-11-22-12-24(16)18;16-12-3-1-2-11-13-8-18-9-19(13)15(14(11)12)10-4-6-17-7-5-10;7-4-1-2-5(8)6(9)3-4/h2*1-5,10-13,21H,6-9H2;4-6,11-13,18H,7-10H2,1-3H3;1-3,8-10,15,17H,4-7H2;1-3H. The van der Waals surface area contributed by atoms with E-state index >= 15 is 0 Å². The lowest BCUT2D eigenvalue weighted by atomic mass is 9.85. The predicted molar refractivity (Wildman–Crippen MR) is 396 cm³/mol. The number of hydrogen-bond acceptors (Lipinski definition) is 9. The maximum atomic E-state index is 14.6. The molecule has 11 aromatic rings. The molecule has 0 radical (unpaired) electrons. The smallest absolute Gasteiger partial charge is 0.410 e. The minimum atomic E-state index is -0.834. The fourth-order valence-corrected chi connectivity index (χ4v) is 17.6. The number of piperidine rings is 4. The van der Waals surface area contributed by atoms with Gasteiger partial charge in [0.2, 0.25) is 0 Å². The quantitative estimate of drug-likeness (QED) is 0.128. The van der Waals surface area contributed by atoms with Gasteiger partial charge in [-0.15, -0.1) is 0 Å². The molecule has 19 rings (SSSR count). The summed E-state index contributed by atoms with van der Waals surface area (Å²) in [4.78, 5) is 35.2. The van der Waals surface area contributed by atoms with Crippen LogP contribution in [0.4, 0.5) is 60.1 Å². The lowest BCUT2D eigenvalue weighted by molar-refractivity contribution is 0.0170. The van der Waals surface area contributed by atoms with E-state index in [2.05, 4.69) is 69.3 Å². The molecule has 4 fully saturated rings. The molecular formula is C83H79BrF10N12O2. The Morgan fingerprint density at radius 3 is 1.00 bits per heavy atom. The van der Waals surface area contributed by atoms with Gasteiger partial charge >= 0.3 is 6.09 Å². The van der Waals surface area contributed by atoms with E-state index in [1.807, 2.05) is 57.6 Å². The molecule has 4 atom stereocenters. The molecular weight excluding hydrogens is 1470 g/mol. The van der Waals surface area contributed by atoms with Gasteiger partial charge in [-0.3, -0.25) is 0 Å². The highest BCUT2D eigenvalue weighted by molar-refractivity contribution is 9.10. The number of amides is 1. The van der Waals surface area contributed by atoms with Crippen LogP contribution in [0.2, 0.25) is 0 Å². The van der Waals surface area contributed by atoms with Crippen LogP contribution in [0.5, 0.6) is 0 Å². The van der Waals surface area contributed by atoms with Crippen LogP contribution in [0.1, 0.15) is 119 Å². The summed E-state index contributed by atoms with van der Waals surface area (Å²) >= 11 is 2.99. The van der Waals surface area contributed by atoms with Gasteiger partial charge in [-0.05, 0) is 176 Å². The van der Waals surface area contributed by atoms with E-state index < -0.39 is 40.5 Å². The Labute approximate surface area is 627 Å². The Kier molecular flexibility index (Phi) is 21.0. The van der Waals surface area contributed by atoms with Crippen LogP contribution in [0, 0.1) is 81.8 Å². The van der Waals surface area contributed by atoms with Crippen molar-refractivity contribution in [1.29, 1.82) is 0 Å². The average Bonchev–Trinajstić information content (AvgIpc) is 1.61. The molecule has 1 amide bonds. The van der Waals surface area contributed by atoms with Crippen LogP contribution in [-0.2, 0) is 4.74 Å². The number of likely N-dealkylation sites (tertiary alicyclic amines) is 1. The largest absolute Gasteiger partial charge is 0.444 e. The normalized spacial score (nSPS) is 19.1. The molecule has 14 nitrogen and oxygen atoms in total. The highest BCUT2D eigenvalue weighted by Gasteiger charge is 2.43. The first-order valence-electron chi connectivity index (χ1n) is 36.6. The molecule has 7 aromatic carbocycles. The number of imidazole rings is 4. The van der Waals surface area contributed by atoms with Gasteiger partial charge < -0.3 is 43.0 Å². The van der Waals surface area contributed by atoms with Crippen LogP contribution in [0.25, 0.3) is 45.0 Å². The zero-order valence-electron chi connectivity index (χ0n) is 59.6. The first-order chi connectivity index (χ1) is 52.2. The first kappa shape index (κ1) is 73.5. The summed E-state index contributed by atoms with van der Waals surface area (Å²) in [6.45, 7) is 11.8. The minimum Gasteiger partial charge on any atom is -0.444 e. The Hall–Kier alpha value is -10.0. The zero-order valence-corrected chi connectivity index (χ0v) is 61.2. The third-order valence-electron chi connectivity index (χ3n) is 22.2. The molecule has 0 bridgehead atoms. The number of rotatable bonds is 6. The van der Waals surface area contributed by atoms with Crippen molar-refractivity contribution in [2.45, 2.75) is 102 Å². The molecule has 0 aliphatic carbocycles. The number of hydrogen-bond donors (Lipinski definition) is 1. The maximum Gasteiger partial charge on any atom is 0.410 e. The third kappa shape index (κ3) is 14.5. The second kappa shape index (κ2) is 30.9. The van der Waals surface area contributed by atoms with Crippen molar-refractivity contribution in [2.75, 3.05) is 62.2 Å². The monoisotopic (exact) mass is 1540 g/mol. The SMILES string of the molecule is CC(C)(C)OC(=O)N1CCC(C2c3c(F)cccc3-c3cncn32)CC1.Fc1ccc(Br)cc1F.Fc1ccc(N2CCC(C3c4c(F)cccc4-c4cncn43)CC2)cc1F.Fc1ccc(N2CCC(C3c4c(F)cccc4-c4cncn43)CC2)cc1F.Fc1cccc2c1C(C1CCNCC1)n1cncc1-2. The lowest BCUT2D eigenvalue weighted by Gasteiger charge is -2.37. The van der Waals surface area contributed by atoms with Crippen molar-refractivity contribution in [2.24, 2.45) is 23.7 Å². The van der Waals surface area contributed by atoms with Crippen LogP contribution in [0.3, 0.4) is 0 Å². The summed E-state index contributed by atoms with van der Waals surface area (Å²) in [6, 6.07) is 32.6. The summed E-state index contributed by atoms with van der Waals surface area (Å²) in [5.41, 5.74) is 11.7. The van der Waals surface area contributed by atoms with Crippen LogP contribution in [0.15, 0.2) is 182 Å². The van der Waals surface area contributed by atoms with Crippen molar-refractivity contribution < 1.29 is 53.4 Å². The molecule has 108 heavy (non-hydrogen) atoms. The number of benzene rings is 7. The number of nitrogens with one attached hydrogen (secondary N) is 1. The molecule has 4 aromatic heterocycles. The molecule has 4 unspecified atom stereocenters. The fourth-order valence-electron chi connectivity index (χ4n) is 17.3. The van der Waals surface area contributed by atoms with Crippen molar-refractivity contribution in [1.82, 2.24) is 48.4 Å². The first-order valence-corrected chi connectivity index (χ1v) is 37.4. The number of fused-ring (bicyclic) bond motifs is 12.